The molecule has 1 heterocycles. The molecular weight excluding hydrogens is 289 g/mol. The van der Waals surface area contributed by atoms with Crippen LogP contribution in [0, 0.1) is 5.82 Å². The number of nitrogens with zero attached hydrogens (tertiary/aromatic N) is 2. The van der Waals surface area contributed by atoms with E-state index in [1.165, 1.54) is 23.5 Å². The minimum atomic E-state index is -0.625. The van der Waals surface area contributed by atoms with Gasteiger partial charge in [-0.1, -0.05) is 36.8 Å². The second kappa shape index (κ2) is 5.52. The van der Waals surface area contributed by atoms with Crippen LogP contribution in [0.3, 0.4) is 0 Å². The highest BCUT2D eigenvalue weighted by Crippen LogP contribution is 2.44. The molecule has 0 unspecified atom stereocenters. The van der Waals surface area contributed by atoms with E-state index < -0.39 is 5.41 Å². The van der Waals surface area contributed by atoms with Gasteiger partial charge in [0.05, 0.1) is 5.41 Å². The summed E-state index contributed by atoms with van der Waals surface area (Å²) < 4.78 is 13.4. The van der Waals surface area contributed by atoms with Crippen molar-refractivity contribution in [2.75, 3.05) is 5.32 Å². The lowest BCUT2D eigenvalue weighted by molar-refractivity contribution is -0.124. The first kappa shape index (κ1) is 14.1. The second-order valence-corrected chi connectivity index (χ2v) is 6.32. The fourth-order valence-corrected chi connectivity index (χ4v) is 3.30. The Kier molecular flexibility index (Phi) is 3.71. The molecule has 0 aliphatic heterocycles. The molecule has 0 bridgehead atoms. The fraction of sp³-hybridized carbons (Fsp3) is 0.400. The Morgan fingerprint density at radius 3 is 2.81 bits per heavy atom. The van der Waals surface area contributed by atoms with Crippen molar-refractivity contribution in [2.45, 2.75) is 38.0 Å². The molecule has 0 radical (unpaired) electrons. The molecule has 3 rings (SSSR count). The van der Waals surface area contributed by atoms with Crippen molar-refractivity contribution in [1.82, 2.24) is 10.2 Å². The Bertz CT molecular complexity index is 666. The van der Waals surface area contributed by atoms with E-state index in [4.69, 9.17) is 0 Å². The zero-order chi connectivity index (χ0) is 14.9. The maximum absolute atomic E-state index is 13.4. The number of rotatable bonds is 4. The van der Waals surface area contributed by atoms with Crippen LogP contribution >= 0.6 is 11.3 Å². The number of aryl methyl sites for hydroxylation is 1. The lowest BCUT2D eigenvalue weighted by Crippen LogP contribution is -2.46. The lowest BCUT2D eigenvalue weighted by atomic mass is 9.64. The standard InChI is InChI=1S/C15H16FN3OS/c1-2-12-18-19-14(21-12)17-13(20)15(7-4-8-15)10-5-3-6-11(16)9-10/h3,5-6,9H,2,4,7-8H2,1H3,(H,17,19,20). The van der Waals surface area contributed by atoms with Gasteiger partial charge in [0.25, 0.3) is 0 Å². The zero-order valence-corrected chi connectivity index (χ0v) is 12.5. The molecule has 1 amide bonds. The fourth-order valence-electron chi connectivity index (χ4n) is 2.63. The van der Waals surface area contributed by atoms with Gasteiger partial charge in [-0.05, 0) is 37.0 Å². The van der Waals surface area contributed by atoms with Gasteiger partial charge in [0.1, 0.15) is 10.8 Å². The molecule has 1 N–H and O–H groups in total. The highest BCUT2D eigenvalue weighted by Gasteiger charge is 2.46. The van der Waals surface area contributed by atoms with Gasteiger partial charge in [0.2, 0.25) is 11.0 Å². The predicted octanol–water partition coefficient (Wildman–Crippen LogP) is 3.30. The lowest BCUT2D eigenvalue weighted by Gasteiger charge is -2.40. The first-order valence-electron chi connectivity index (χ1n) is 7.04. The molecule has 110 valence electrons. The van der Waals surface area contributed by atoms with E-state index in [2.05, 4.69) is 15.5 Å². The number of carbonyl (C=O) groups is 1. The summed E-state index contributed by atoms with van der Waals surface area (Å²) in [6, 6.07) is 6.32. The molecule has 4 nitrogen and oxygen atoms in total. The molecule has 1 aliphatic rings. The summed E-state index contributed by atoms with van der Waals surface area (Å²) in [6.45, 7) is 1.99. The number of aromatic nitrogens is 2. The van der Waals surface area contributed by atoms with Gasteiger partial charge in [-0.3, -0.25) is 10.1 Å². The molecule has 0 atom stereocenters. The summed E-state index contributed by atoms with van der Waals surface area (Å²) in [5, 5.41) is 12.2. The first-order chi connectivity index (χ1) is 10.1. The number of halogens is 1. The predicted molar refractivity (Wildman–Crippen MR) is 79.8 cm³/mol. The normalized spacial score (nSPS) is 16.3. The Balaban J connectivity index is 1.84. The quantitative estimate of drug-likeness (QED) is 0.943. The number of anilines is 1. The SMILES string of the molecule is CCc1nnc(NC(=O)C2(c3cccc(F)c3)CCC2)s1. The molecule has 0 saturated heterocycles. The Morgan fingerprint density at radius 1 is 1.43 bits per heavy atom. The third-order valence-electron chi connectivity index (χ3n) is 4.01. The molecule has 1 aromatic heterocycles. The molecule has 1 aliphatic carbocycles. The smallest absolute Gasteiger partial charge is 0.236 e. The van der Waals surface area contributed by atoms with Crippen molar-refractivity contribution in [3.63, 3.8) is 0 Å². The highest BCUT2D eigenvalue weighted by molar-refractivity contribution is 7.15. The van der Waals surface area contributed by atoms with Crippen LogP contribution in [0.5, 0.6) is 0 Å². The van der Waals surface area contributed by atoms with Crippen LogP contribution in [0.2, 0.25) is 0 Å². The van der Waals surface area contributed by atoms with Gasteiger partial charge < -0.3 is 0 Å². The summed E-state index contributed by atoms with van der Waals surface area (Å²) in [5.74, 6) is -0.422. The van der Waals surface area contributed by atoms with Crippen molar-refractivity contribution in [3.8, 4) is 0 Å². The van der Waals surface area contributed by atoms with Gasteiger partial charge in [-0.2, -0.15) is 0 Å². The maximum Gasteiger partial charge on any atom is 0.236 e. The summed E-state index contributed by atoms with van der Waals surface area (Å²) in [6.07, 6.45) is 3.24. The van der Waals surface area contributed by atoms with Crippen molar-refractivity contribution in [1.29, 1.82) is 0 Å². The molecule has 21 heavy (non-hydrogen) atoms. The third-order valence-corrected chi connectivity index (χ3v) is 4.99. The molecule has 0 spiro atoms. The summed E-state index contributed by atoms with van der Waals surface area (Å²) in [7, 11) is 0. The van der Waals surface area contributed by atoms with E-state index in [1.807, 2.05) is 13.0 Å². The minimum Gasteiger partial charge on any atom is -0.300 e. The van der Waals surface area contributed by atoms with Crippen molar-refractivity contribution in [2.24, 2.45) is 0 Å². The Labute approximate surface area is 126 Å². The first-order valence-corrected chi connectivity index (χ1v) is 7.85. The molecule has 1 fully saturated rings. The van der Waals surface area contributed by atoms with E-state index in [0.717, 1.165) is 36.3 Å². The Hall–Kier alpha value is -1.82. The van der Waals surface area contributed by atoms with Gasteiger partial charge in [0, 0.05) is 0 Å². The van der Waals surface area contributed by atoms with Crippen LogP contribution < -0.4 is 5.32 Å². The van der Waals surface area contributed by atoms with Crippen LogP contribution in [0.15, 0.2) is 24.3 Å². The number of hydrogen-bond acceptors (Lipinski definition) is 4. The summed E-state index contributed by atoms with van der Waals surface area (Å²) in [4.78, 5) is 12.6. The van der Waals surface area contributed by atoms with Gasteiger partial charge in [-0.25, -0.2) is 4.39 Å². The van der Waals surface area contributed by atoms with E-state index in [1.54, 1.807) is 6.07 Å². The van der Waals surface area contributed by atoms with Crippen LogP contribution in [0.1, 0.15) is 36.8 Å². The molecular formula is C15H16FN3OS. The van der Waals surface area contributed by atoms with Crippen LogP contribution in [0.4, 0.5) is 9.52 Å². The number of carbonyl (C=O) groups excluding carboxylic acids is 1. The van der Waals surface area contributed by atoms with E-state index in [-0.39, 0.29) is 11.7 Å². The number of nitrogens with one attached hydrogen (secondary N) is 1. The van der Waals surface area contributed by atoms with Crippen molar-refractivity contribution < 1.29 is 9.18 Å². The maximum atomic E-state index is 13.4. The van der Waals surface area contributed by atoms with Crippen LogP contribution in [0.25, 0.3) is 0 Å². The highest BCUT2D eigenvalue weighted by atomic mass is 32.1. The number of amides is 1. The van der Waals surface area contributed by atoms with Gasteiger partial charge in [0.15, 0.2) is 0 Å². The molecule has 1 aromatic carbocycles. The van der Waals surface area contributed by atoms with E-state index in [9.17, 15) is 9.18 Å². The largest absolute Gasteiger partial charge is 0.300 e. The average molecular weight is 305 g/mol. The monoisotopic (exact) mass is 305 g/mol. The van der Waals surface area contributed by atoms with E-state index in [0.29, 0.717) is 5.13 Å². The van der Waals surface area contributed by atoms with Crippen LogP contribution in [-0.4, -0.2) is 16.1 Å². The number of benzene rings is 1. The van der Waals surface area contributed by atoms with Gasteiger partial charge in [-0.15, -0.1) is 10.2 Å². The summed E-state index contributed by atoms with van der Waals surface area (Å²) in [5.41, 5.74) is 0.117. The average Bonchev–Trinajstić information content (AvgIpc) is 2.85. The number of hydrogen-bond donors (Lipinski definition) is 1. The van der Waals surface area contributed by atoms with Crippen molar-refractivity contribution >= 4 is 22.4 Å². The minimum absolute atomic E-state index is 0.113. The van der Waals surface area contributed by atoms with Crippen LogP contribution in [-0.2, 0) is 16.6 Å². The topological polar surface area (TPSA) is 54.9 Å². The van der Waals surface area contributed by atoms with Gasteiger partial charge >= 0.3 is 0 Å². The third kappa shape index (κ3) is 2.55. The van der Waals surface area contributed by atoms with E-state index >= 15 is 0 Å². The second-order valence-electron chi connectivity index (χ2n) is 5.25. The Morgan fingerprint density at radius 2 is 2.24 bits per heavy atom. The molecule has 2 aromatic rings. The summed E-state index contributed by atoms with van der Waals surface area (Å²) >= 11 is 1.38. The molecule has 1 saturated carbocycles. The van der Waals surface area contributed by atoms with Crippen molar-refractivity contribution in [3.05, 3.63) is 40.7 Å². The molecule has 6 heteroatoms. The zero-order valence-electron chi connectivity index (χ0n) is 11.7.